The van der Waals surface area contributed by atoms with Gasteiger partial charge in [-0.15, -0.1) is 0 Å². The van der Waals surface area contributed by atoms with E-state index in [1.54, 1.807) is 0 Å². The fraction of sp³-hybridized carbons (Fsp3) is 0.983. The van der Waals surface area contributed by atoms with Gasteiger partial charge < -0.3 is 40.3 Å². The molecule has 9 nitrogen and oxygen atoms in total. The largest absolute Gasteiger partial charge is 0.394 e. The monoisotopic (exact) mass is 982 g/mol. The van der Waals surface area contributed by atoms with Crippen molar-refractivity contribution in [2.45, 2.75) is 365 Å². The predicted molar refractivity (Wildman–Crippen MR) is 291 cm³/mol. The number of ether oxygens (including phenoxy) is 2. The van der Waals surface area contributed by atoms with Gasteiger partial charge in [0.15, 0.2) is 6.29 Å². The smallest absolute Gasteiger partial charge is 0.220 e. The molecule has 6 N–H and O–H groups in total. The summed E-state index contributed by atoms with van der Waals surface area (Å²) in [5.74, 6) is -0.135. The molecule has 412 valence electrons. The van der Waals surface area contributed by atoms with Crippen molar-refractivity contribution in [2.75, 3.05) is 13.2 Å². The first-order valence-electron chi connectivity index (χ1n) is 30.7. The maximum Gasteiger partial charge on any atom is 0.220 e. The third kappa shape index (κ3) is 40.3. The lowest BCUT2D eigenvalue weighted by Crippen LogP contribution is -2.60. The van der Waals surface area contributed by atoms with Crippen molar-refractivity contribution in [3.8, 4) is 0 Å². The molecule has 1 saturated heterocycles. The lowest BCUT2D eigenvalue weighted by molar-refractivity contribution is -0.302. The highest BCUT2D eigenvalue weighted by Gasteiger charge is 2.44. The first-order valence-corrected chi connectivity index (χ1v) is 30.7. The number of nitrogens with one attached hydrogen (secondary N) is 1. The summed E-state index contributed by atoms with van der Waals surface area (Å²) in [4.78, 5) is 13.1. The quantitative estimate of drug-likeness (QED) is 0.0330. The van der Waals surface area contributed by atoms with Gasteiger partial charge in [0.25, 0.3) is 0 Å². The topological polar surface area (TPSA) is 149 Å². The van der Waals surface area contributed by atoms with Gasteiger partial charge in [0.05, 0.1) is 25.4 Å². The van der Waals surface area contributed by atoms with Crippen LogP contribution >= 0.6 is 0 Å². The summed E-state index contributed by atoms with van der Waals surface area (Å²) < 4.78 is 11.3. The van der Waals surface area contributed by atoms with Gasteiger partial charge in [0, 0.05) is 6.42 Å². The second-order valence-electron chi connectivity index (χ2n) is 21.9. The van der Waals surface area contributed by atoms with Gasteiger partial charge in [-0.1, -0.05) is 303 Å². The molecule has 1 aliphatic rings. The number of aliphatic hydroxyl groups is 5. The van der Waals surface area contributed by atoms with Gasteiger partial charge in [-0.3, -0.25) is 4.79 Å². The van der Waals surface area contributed by atoms with Crippen LogP contribution in [-0.2, 0) is 14.3 Å². The van der Waals surface area contributed by atoms with E-state index in [-0.39, 0.29) is 12.5 Å². The van der Waals surface area contributed by atoms with Gasteiger partial charge in [-0.05, 0) is 12.8 Å². The number of amides is 1. The van der Waals surface area contributed by atoms with Crippen LogP contribution in [0.5, 0.6) is 0 Å². The number of aliphatic hydroxyl groups excluding tert-OH is 5. The fourth-order valence-electron chi connectivity index (χ4n) is 10.3. The molecule has 1 heterocycles. The summed E-state index contributed by atoms with van der Waals surface area (Å²) in [5, 5.41) is 54.8. The molecule has 0 spiro atoms. The summed E-state index contributed by atoms with van der Waals surface area (Å²) in [6.07, 6.45) is 54.3. The molecule has 0 aromatic carbocycles. The molecule has 1 amide bonds. The van der Waals surface area contributed by atoms with E-state index in [1.807, 2.05) is 0 Å². The van der Waals surface area contributed by atoms with Crippen LogP contribution < -0.4 is 5.32 Å². The first kappa shape index (κ1) is 66.2. The van der Waals surface area contributed by atoms with Crippen molar-refractivity contribution in [1.29, 1.82) is 0 Å². The van der Waals surface area contributed by atoms with E-state index in [2.05, 4.69) is 19.2 Å². The predicted octanol–water partition coefficient (Wildman–Crippen LogP) is 15.4. The summed E-state index contributed by atoms with van der Waals surface area (Å²) in [6, 6.07) is -0.714. The molecule has 9 heteroatoms. The van der Waals surface area contributed by atoms with Crippen LogP contribution in [0.15, 0.2) is 0 Å². The van der Waals surface area contributed by atoms with Crippen molar-refractivity contribution in [2.24, 2.45) is 0 Å². The molecular weight excluding hydrogens is 863 g/mol. The minimum Gasteiger partial charge on any atom is -0.394 e. The highest BCUT2D eigenvalue weighted by Crippen LogP contribution is 2.24. The molecule has 0 bridgehead atoms. The highest BCUT2D eigenvalue weighted by molar-refractivity contribution is 5.76. The molecule has 7 unspecified atom stereocenters. The van der Waals surface area contributed by atoms with Crippen molar-refractivity contribution < 1.29 is 39.8 Å². The zero-order valence-corrected chi connectivity index (χ0v) is 45.9. The molecule has 0 aromatic heterocycles. The normalized spacial score (nSPS) is 19.3. The van der Waals surface area contributed by atoms with E-state index in [1.165, 1.54) is 257 Å². The van der Waals surface area contributed by atoms with Crippen molar-refractivity contribution >= 4 is 5.91 Å². The zero-order valence-electron chi connectivity index (χ0n) is 45.9. The van der Waals surface area contributed by atoms with Gasteiger partial charge in [0.2, 0.25) is 5.91 Å². The number of hydrogen-bond acceptors (Lipinski definition) is 8. The highest BCUT2D eigenvalue weighted by atomic mass is 16.7. The third-order valence-electron chi connectivity index (χ3n) is 15.2. The summed E-state index contributed by atoms with van der Waals surface area (Å²) >= 11 is 0. The Morgan fingerprint density at radius 2 is 0.725 bits per heavy atom. The van der Waals surface area contributed by atoms with Crippen LogP contribution in [0.1, 0.15) is 322 Å². The van der Waals surface area contributed by atoms with Crippen LogP contribution in [0.25, 0.3) is 0 Å². The number of unbranched alkanes of at least 4 members (excludes halogenated alkanes) is 44. The lowest BCUT2D eigenvalue weighted by atomic mass is 9.99. The number of rotatable bonds is 54. The SMILES string of the molecule is CCCCCCCCCCCCCCCCCCCCCCCCCCCCC(=O)NC(COC1OC(CO)C(O)C(O)C1O)C(O)CCCCCCCCCCCCCCCCCCCCCC. The molecule has 1 fully saturated rings. The van der Waals surface area contributed by atoms with Crippen molar-refractivity contribution in [3.05, 3.63) is 0 Å². The number of carbonyl (C=O) groups excluding carboxylic acids is 1. The van der Waals surface area contributed by atoms with Gasteiger partial charge in [-0.25, -0.2) is 0 Å². The van der Waals surface area contributed by atoms with Crippen LogP contribution in [0.3, 0.4) is 0 Å². The minimum absolute atomic E-state index is 0.131. The molecule has 69 heavy (non-hydrogen) atoms. The van der Waals surface area contributed by atoms with Crippen molar-refractivity contribution in [1.82, 2.24) is 5.32 Å². The summed E-state index contributed by atoms with van der Waals surface area (Å²) in [6.45, 7) is 3.89. The zero-order chi connectivity index (χ0) is 50.1. The third-order valence-corrected chi connectivity index (χ3v) is 15.2. The van der Waals surface area contributed by atoms with Crippen LogP contribution in [0.4, 0.5) is 0 Å². The maximum atomic E-state index is 13.1. The lowest BCUT2D eigenvalue weighted by Gasteiger charge is -2.40. The molecule has 0 aliphatic carbocycles. The fourth-order valence-corrected chi connectivity index (χ4v) is 10.3. The molecule has 1 aliphatic heterocycles. The minimum atomic E-state index is -1.55. The van der Waals surface area contributed by atoms with E-state index >= 15 is 0 Å². The second-order valence-corrected chi connectivity index (χ2v) is 21.9. The summed E-state index contributed by atoms with van der Waals surface area (Å²) in [5.41, 5.74) is 0. The molecule has 0 aromatic rings. The van der Waals surface area contributed by atoms with E-state index in [9.17, 15) is 30.3 Å². The Balaban J connectivity index is 2.15. The van der Waals surface area contributed by atoms with Gasteiger partial charge in [-0.2, -0.15) is 0 Å². The van der Waals surface area contributed by atoms with Crippen LogP contribution in [-0.4, -0.2) is 87.5 Å². The Morgan fingerprint density at radius 1 is 0.435 bits per heavy atom. The molecular formula is C60H119NO8. The van der Waals surface area contributed by atoms with E-state index in [0.717, 1.165) is 38.5 Å². The van der Waals surface area contributed by atoms with Gasteiger partial charge in [0.1, 0.15) is 24.4 Å². The first-order chi connectivity index (χ1) is 33.8. The van der Waals surface area contributed by atoms with E-state index in [4.69, 9.17) is 9.47 Å². The molecule has 1 rings (SSSR count). The van der Waals surface area contributed by atoms with Crippen molar-refractivity contribution in [3.63, 3.8) is 0 Å². The number of hydrogen-bond donors (Lipinski definition) is 6. The second kappa shape index (κ2) is 50.7. The Labute approximate surface area is 427 Å². The summed E-state index contributed by atoms with van der Waals surface area (Å²) in [7, 11) is 0. The van der Waals surface area contributed by atoms with Crippen LogP contribution in [0, 0.1) is 0 Å². The average Bonchev–Trinajstić information content (AvgIpc) is 3.35. The Bertz CT molecular complexity index is 1050. The van der Waals surface area contributed by atoms with Crippen LogP contribution in [0.2, 0.25) is 0 Å². The molecule has 0 saturated carbocycles. The van der Waals surface area contributed by atoms with E-state index in [0.29, 0.717) is 12.8 Å². The Morgan fingerprint density at radius 3 is 1.03 bits per heavy atom. The van der Waals surface area contributed by atoms with E-state index < -0.39 is 49.5 Å². The Kier molecular flexibility index (Phi) is 48.7. The molecule has 7 atom stereocenters. The maximum absolute atomic E-state index is 13.1. The number of carbonyl (C=O) groups is 1. The average molecular weight is 983 g/mol. The van der Waals surface area contributed by atoms with Gasteiger partial charge >= 0.3 is 0 Å². The molecule has 0 radical (unpaired) electrons. The standard InChI is InChI=1S/C60H119NO8/c1-3-5-7-9-11-13-15-17-19-21-23-25-26-27-28-29-30-32-34-36-38-40-42-44-46-48-50-56(64)61-53(52-68-60-59(67)58(66)57(65)55(51-62)69-60)54(63)49-47-45-43-41-39-37-35-33-31-24-22-20-18-16-14-12-10-8-6-4-2/h53-55,57-60,62-63,65-67H,3-52H2,1-2H3,(H,61,64). The Hall–Kier alpha value is -0.810.